The fourth-order valence-electron chi connectivity index (χ4n) is 3.44. The lowest BCUT2D eigenvalue weighted by Gasteiger charge is -2.43. The van der Waals surface area contributed by atoms with Crippen molar-refractivity contribution in [3.8, 4) is 17.2 Å². The van der Waals surface area contributed by atoms with E-state index in [1.165, 1.54) is 0 Å². The highest BCUT2D eigenvalue weighted by atomic mass is 16.5. The Labute approximate surface area is 144 Å². The number of benzene rings is 1. The third-order valence-corrected chi connectivity index (χ3v) is 4.67. The lowest BCUT2D eigenvalue weighted by Crippen LogP contribution is -2.49. The van der Waals surface area contributed by atoms with E-state index >= 15 is 0 Å². The summed E-state index contributed by atoms with van der Waals surface area (Å²) in [5, 5.41) is 13.4. The predicted octanol–water partition coefficient (Wildman–Crippen LogP) is 1.68. The van der Waals surface area contributed by atoms with Crippen LogP contribution in [0.25, 0.3) is 0 Å². The average molecular weight is 338 g/mol. The van der Waals surface area contributed by atoms with Crippen molar-refractivity contribution in [3.63, 3.8) is 0 Å². The zero-order chi connectivity index (χ0) is 17.7. The molecule has 2 rings (SSSR count). The third kappa shape index (κ3) is 3.77. The van der Waals surface area contributed by atoms with Crippen molar-refractivity contribution < 1.29 is 19.3 Å². The summed E-state index contributed by atoms with van der Waals surface area (Å²) in [4.78, 5) is 2.41. The van der Waals surface area contributed by atoms with Gasteiger partial charge in [-0.15, -0.1) is 0 Å². The van der Waals surface area contributed by atoms with Gasteiger partial charge in [0.1, 0.15) is 0 Å². The number of rotatable bonds is 7. The molecular formula is C18H30N2O4. The summed E-state index contributed by atoms with van der Waals surface area (Å²) in [6, 6.07) is 4.04. The van der Waals surface area contributed by atoms with Gasteiger partial charge in [0.15, 0.2) is 11.5 Å². The number of ether oxygens (including phenoxy) is 3. The first kappa shape index (κ1) is 18.8. The molecule has 1 saturated heterocycles. The first-order valence-corrected chi connectivity index (χ1v) is 8.34. The number of nitrogens with zero attached hydrogens (tertiary/aromatic N) is 1. The van der Waals surface area contributed by atoms with Gasteiger partial charge in [0.05, 0.1) is 21.3 Å². The lowest BCUT2D eigenvalue weighted by molar-refractivity contribution is 0.0303. The normalized spacial score (nSPS) is 17.4. The van der Waals surface area contributed by atoms with Crippen LogP contribution in [0.1, 0.15) is 25.5 Å². The number of piperazine rings is 1. The molecule has 1 aliphatic rings. The van der Waals surface area contributed by atoms with Crippen molar-refractivity contribution in [2.45, 2.75) is 19.9 Å². The topological polar surface area (TPSA) is 63.2 Å². The number of aliphatic hydroxyl groups excluding tert-OH is 1. The Kier molecular flexibility index (Phi) is 6.32. The molecule has 6 nitrogen and oxygen atoms in total. The molecule has 1 atom stereocenters. The van der Waals surface area contributed by atoms with Crippen LogP contribution in [0.15, 0.2) is 12.1 Å². The van der Waals surface area contributed by atoms with Crippen molar-refractivity contribution in [2.24, 2.45) is 5.41 Å². The number of hydrogen-bond acceptors (Lipinski definition) is 6. The molecule has 0 radical (unpaired) electrons. The maximum atomic E-state index is 9.98. The molecule has 0 aliphatic carbocycles. The smallest absolute Gasteiger partial charge is 0.203 e. The standard InChI is InChI=1S/C18H30N2O4/c1-18(2,12-21)17(20-8-6-19-7-9-20)13-10-14(22-3)16(24-5)15(11-13)23-4/h10-11,17,19,21H,6-9,12H2,1-5H3/t17-/m1/s1. The molecule has 6 heteroatoms. The van der Waals surface area contributed by atoms with Gasteiger partial charge < -0.3 is 24.6 Å². The summed E-state index contributed by atoms with van der Waals surface area (Å²) in [6.45, 7) is 8.03. The second-order valence-corrected chi connectivity index (χ2v) is 6.79. The van der Waals surface area contributed by atoms with Crippen LogP contribution < -0.4 is 19.5 Å². The van der Waals surface area contributed by atoms with Gasteiger partial charge in [-0.3, -0.25) is 4.90 Å². The summed E-state index contributed by atoms with van der Waals surface area (Å²) in [5.74, 6) is 1.87. The lowest BCUT2D eigenvalue weighted by atomic mass is 9.79. The highest BCUT2D eigenvalue weighted by Gasteiger charge is 2.36. The van der Waals surface area contributed by atoms with E-state index in [1.54, 1.807) is 21.3 Å². The summed E-state index contributed by atoms with van der Waals surface area (Å²) in [5.41, 5.74) is 0.757. The molecule has 0 amide bonds. The first-order valence-electron chi connectivity index (χ1n) is 8.34. The zero-order valence-corrected chi connectivity index (χ0v) is 15.4. The van der Waals surface area contributed by atoms with E-state index in [4.69, 9.17) is 14.2 Å². The van der Waals surface area contributed by atoms with Gasteiger partial charge in [-0.05, 0) is 17.7 Å². The van der Waals surface area contributed by atoms with Gasteiger partial charge in [0.25, 0.3) is 0 Å². The Morgan fingerprint density at radius 2 is 1.62 bits per heavy atom. The molecule has 0 aromatic heterocycles. The largest absolute Gasteiger partial charge is 0.493 e. The monoisotopic (exact) mass is 338 g/mol. The molecule has 1 aliphatic heterocycles. The number of aliphatic hydroxyl groups is 1. The molecule has 2 N–H and O–H groups in total. The number of methoxy groups -OCH3 is 3. The highest BCUT2D eigenvalue weighted by molar-refractivity contribution is 5.54. The van der Waals surface area contributed by atoms with Gasteiger partial charge in [-0.25, -0.2) is 0 Å². The number of nitrogens with one attached hydrogen (secondary N) is 1. The molecule has 136 valence electrons. The minimum atomic E-state index is -0.304. The van der Waals surface area contributed by atoms with E-state index in [2.05, 4.69) is 24.1 Å². The van der Waals surface area contributed by atoms with Crippen LogP contribution in [0.3, 0.4) is 0 Å². The Balaban J connectivity index is 2.52. The van der Waals surface area contributed by atoms with Gasteiger partial charge in [-0.1, -0.05) is 13.8 Å². The van der Waals surface area contributed by atoms with E-state index in [0.717, 1.165) is 31.7 Å². The second-order valence-electron chi connectivity index (χ2n) is 6.79. The Bertz CT molecular complexity index is 517. The van der Waals surface area contributed by atoms with E-state index in [-0.39, 0.29) is 18.1 Å². The maximum Gasteiger partial charge on any atom is 0.203 e. The average Bonchev–Trinajstić information content (AvgIpc) is 2.61. The van der Waals surface area contributed by atoms with Crippen LogP contribution in [0.4, 0.5) is 0 Å². The van der Waals surface area contributed by atoms with Gasteiger partial charge in [-0.2, -0.15) is 0 Å². The van der Waals surface area contributed by atoms with Crippen molar-refractivity contribution in [1.29, 1.82) is 0 Å². The zero-order valence-electron chi connectivity index (χ0n) is 15.4. The van der Waals surface area contributed by atoms with Crippen LogP contribution >= 0.6 is 0 Å². The van der Waals surface area contributed by atoms with Crippen LogP contribution in [0, 0.1) is 5.41 Å². The summed E-state index contributed by atoms with van der Waals surface area (Å²) < 4.78 is 16.4. The van der Waals surface area contributed by atoms with E-state index in [9.17, 15) is 5.11 Å². The van der Waals surface area contributed by atoms with Crippen LogP contribution in [-0.2, 0) is 0 Å². The van der Waals surface area contributed by atoms with Crippen LogP contribution in [0.5, 0.6) is 17.2 Å². The van der Waals surface area contributed by atoms with Gasteiger partial charge >= 0.3 is 0 Å². The van der Waals surface area contributed by atoms with Crippen molar-refractivity contribution in [1.82, 2.24) is 10.2 Å². The quantitative estimate of drug-likeness (QED) is 0.789. The fourth-order valence-corrected chi connectivity index (χ4v) is 3.44. The minimum absolute atomic E-state index is 0.0540. The van der Waals surface area contributed by atoms with Crippen molar-refractivity contribution in [3.05, 3.63) is 17.7 Å². The van der Waals surface area contributed by atoms with Gasteiger partial charge in [0.2, 0.25) is 5.75 Å². The first-order chi connectivity index (χ1) is 11.5. The van der Waals surface area contributed by atoms with E-state index in [1.807, 2.05) is 12.1 Å². The Morgan fingerprint density at radius 3 is 2.04 bits per heavy atom. The summed E-state index contributed by atoms with van der Waals surface area (Å²) in [6.07, 6.45) is 0. The molecular weight excluding hydrogens is 308 g/mol. The minimum Gasteiger partial charge on any atom is -0.493 e. The Morgan fingerprint density at radius 1 is 1.08 bits per heavy atom. The molecule has 24 heavy (non-hydrogen) atoms. The SMILES string of the molecule is COc1cc([C@@H](N2CCNCC2)C(C)(C)CO)cc(OC)c1OC. The van der Waals surface area contributed by atoms with Crippen molar-refractivity contribution >= 4 is 0 Å². The molecule has 0 unspecified atom stereocenters. The predicted molar refractivity (Wildman–Crippen MR) is 94.1 cm³/mol. The molecule has 1 fully saturated rings. The molecule has 0 saturated carbocycles. The highest BCUT2D eigenvalue weighted by Crippen LogP contribution is 2.45. The maximum absolute atomic E-state index is 9.98. The molecule has 1 heterocycles. The molecule has 1 aromatic carbocycles. The third-order valence-electron chi connectivity index (χ3n) is 4.67. The molecule has 0 bridgehead atoms. The Hall–Kier alpha value is -1.50. The van der Waals surface area contributed by atoms with Crippen LogP contribution in [0.2, 0.25) is 0 Å². The van der Waals surface area contributed by atoms with E-state index < -0.39 is 0 Å². The summed E-state index contributed by atoms with van der Waals surface area (Å²) in [7, 11) is 4.85. The van der Waals surface area contributed by atoms with Crippen LogP contribution in [-0.4, -0.2) is 64.1 Å². The van der Waals surface area contributed by atoms with Crippen molar-refractivity contribution in [2.75, 3.05) is 54.1 Å². The molecule has 0 spiro atoms. The number of hydrogen-bond donors (Lipinski definition) is 2. The summed E-state index contributed by atoms with van der Waals surface area (Å²) >= 11 is 0. The second kappa shape index (κ2) is 8.05. The molecule has 1 aromatic rings. The van der Waals surface area contributed by atoms with Gasteiger partial charge in [0, 0.05) is 44.2 Å². The van der Waals surface area contributed by atoms with E-state index in [0.29, 0.717) is 17.2 Å². The fraction of sp³-hybridized carbons (Fsp3) is 0.667.